The van der Waals surface area contributed by atoms with E-state index >= 15 is 0 Å². The molecule has 0 saturated carbocycles. The van der Waals surface area contributed by atoms with Crippen LogP contribution in [-0.4, -0.2) is 30.8 Å². The van der Waals surface area contributed by atoms with Crippen LogP contribution < -0.4 is 0 Å². The first-order valence-electron chi connectivity index (χ1n) is 3.46. The second-order valence-electron chi connectivity index (χ2n) is 2.85. The second kappa shape index (κ2) is 5.11. The van der Waals surface area contributed by atoms with Crippen molar-refractivity contribution in [3.05, 3.63) is 0 Å². The molecule has 2 atom stereocenters. The van der Waals surface area contributed by atoms with Gasteiger partial charge in [0.05, 0.1) is 0 Å². The molecule has 1 N–H and O–H groups in total. The molecule has 1 unspecified atom stereocenters. The molecule has 0 aromatic rings. The molecule has 0 rings (SSSR count). The van der Waals surface area contributed by atoms with Crippen LogP contribution in [0, 0.1) is 5.92 Å². The Morgan fingerprint density at radius 1 is 1.64 bits per heavy atom. The van der Waals surface area contributed by atoms with Crippen LogP contribution in [0.1, 0.15) is 13.8 Å². The van der Waals surface area contributed by atoms with Crippen molar-refractivity contribution >= 4 is 36.5 Å². The third kappa shape index (κ3) is 3.53. The van der Waals surface area contributed by atoms with Crippen LogP contribution in [0.4, 0.5) is 0 Å². The molecule has 0 spiro atoms. The van der Waals surface area contributed by atoms with Crippen LogP contribution in [0.25, 0.3) is 0 Å². The van der Waals surface area contributed by atoms with E-state index in [9.17, 15) is 9.90 Å². The summed E-state index contributed by atoms with van der Waals surface area (Å²) in [5.41, 5.74) is -0.250. The topological polar surface area (TPSA) is 46.5 Å². The van der Waals surface area contributed by atoms with Crippen molar-refractivity contribution < 1.29 is 13.0 Å². The number of hydrogen-bond donors (Lipinski definition) is 1. The van der Waals surface area contributed by atoms with E-state index in [1.54, 1.807) is 23.0 Å². The maximum atomic E-state index is 10.7. The summed E-state index contributed by atoms with van der Waals surface area (Å²) >= 11 is 1.70. The van der Waals surface area contributed by atoms with Crippen LogP contribution in [0.2, 0.25) is 0 Å². The minimum atomic E-state index is -0.994. The number of aliphatic hydroxyl groups is 1. The van der Waals surface area contributed by atoms with Gasteiger partial charge in [0, 0.05) is 0 Å². The van der Waals surface area contributed by atoms with E-state index in [2.05, 4.69) is 0 Å². The zero-order chi connectivity index (χ0) is 9.02. The Balaban J connectivity index is 4.13. The van der Waals surface area contributed by atoms with Crippen molar-refractivity contribution in [3.63, 3.8) is 0 Å². The Labute approximate surface area is 81.6 Å². The summed E-state index contributed by atoms with van der Waals surface area (Å²) in [5, 5.41) is 9.28. The van der Waals surface area contributed by atoms with Crippen molar-refractivity contribution in [2.24, 2.45) is 5.92 Å². The summed E-state index contributed by atoms with van der Waals surface area (Å²) in [5.74, 6) is 0.144. The van der Waals surface area contributed by atoms with Crippen molar-refractivity contribution in [1.29, 1.82) is 0 Å². The molecular weight excluding hydrogens is 258 g/mol. The van der Waals surface area contributed by atoms with Gasteiger partial charge in [-0.3, -0.25) is 0 Å². The highest BCUT2D eigenvalue weighted by atomic mass is 127. The maximum Gasteiger partial charge on any atom is 0.190 e. The molecule has 0 amide bonds. The summed E-state index contributed by atoms with van der Waals surface area (Å²) in [6.45, 7) is 3.80. The number of aliphatic hydroxyl groups excluding tert-OH is 1. The molecule has 0 aromatic carbocycles. The predicted octanol–water partition coefficient (Wildman–Crippen LogP) is -0.102. The first-order valence-corrected chi connectivity index (χ1v) is 4.34. The Morgan fingerprint density at radius 3 is 2.18 bits per heavy atom. The van der Waals surface area contributed by atoms with Gasteiger partial charge in [-0.1, -0.05) is 13.8 Å². The molecule has 0 radical (unpaired) electrons. The number of carbonyl (C=O) groups is 1. The average molecular weight is 270 g/mol. The lowest BCUT2D eigenvalue weighted by Gasteiger charge is -2.21. The van der Waals surface area contributed by atoms with E-state index in [1.807, 2.05) is 13.8 Å². The third-order valence-electron chi connectivity index (χ3n) is 1.49. The number of halogens is 1. The van der Waals surface area contributed by atoms with Gasteiger partial charge in [-0.2, -0.15) is 0 Å². The largest absolute Gasteiger partial charge is 0.384 e. The molecule has 0 aliphatic carbocycles. The van der Waals surface area contributed by atoms with Gasteiger partial charge in [0.15, 0.2) is 7.85 Å². The van der Waals surface area contributed by atoms with Crippen LogP contribution in [0.3, 0.4) is 0 Å². The van der Waals surface area contributed by atoms with Crippen molar-refractivity contribution in [1.82, 2.24) is 0 Å². The third-order valence-corrected chi connectivity index (χ3v) is 2.07. The highest BCUT2D eigenvalue weighted by molar-refractivity contribution is 14.1. The lowest BCUT2D eigenvalue weighted by Crippen LogP contribution is -2.37. The number of carbonyl (C=O) groups excluding carboxylic acids is 1. The normalized spacial score (nSPS) is 16.5. The Bertz CT molecular complexity index is 140. The van der Waals surface area contributed by atoms with Gasteiger partial charge in [-0.25, -0.2) is 0 Å². The van der Waals surface area contributed by atoms with Gasteiger partial charge in [-0.05, 0) is 5.92 Å². The minimum Gasteiger partial charge on any atom is -0.384 e. The van der Waals surface area contributed by atoms with E-state index in [1.165, 1.54) is 7.85 Å². The molecular formula is C6H12BIO3. The summed E-state index contributed by atoms with van der Waals surface area (Å²) in [4.78, 5) is 10.7. The summed E-state index contributed by atoms with van der Waals surface area (Å²) in [6, 6.07) is 0. The molecule has 0 saturated heterocycles. The first kappa shape index (κ1) is 11.4. The molecule has 0 bridgehead atoms. The number of rotatable bonds is 4. The Kier molecular flexibility index (Phi) is 5.28. The van der Waals surface area contributed by atoms with Crippen LogP contribution in [0.15, 0.2) is 0 Å². The standard InChI is InChI=1S/C6H12BIO3/c1-3(2)5(11-8)4(9)6(7)10/h3-5,9H,7H2,1-2H3/t4?,5-/m0/s1. The van der Waals surface area contributed by atoms with Gasteiger partial charge in [0.1, 0.15) is 40.9 Å². The second-order valence-corrected chi connectivity index (χ2v) is 3.36. The Hall–Kier alpha value is 0.385. The highest BCUT2D eigenvalue weighted by Gasteiger charge is 2.25. The fourth-order valence-corrected chi connectivity index (χ4v) is 1.61. The van der Waals surface area contributed by atoms with Crippen molar-refractivity contribution in [2.75, 3.05) is 0 Å². The molecule has 0 fully saturated rings. The predicted molar refractivity (Wildman–Crippen MR) is 53.3 cm³/mol. The zero-order valence-electron chi connectivity index (χ0n) is 6.87. The van der Waals surface area contributed by atoms with Crippen molar-refractivity contribution in [2.45, 2.75) is 26.1 Å². The lowest BCUT2D eigenvalue weighted by molar-refractivity contribution is -0.123. The van der Waals surface area contributed by atoms with E-state index in [-0.39, 0.29) is 11.6 Å². The lowest BCUT2D eigenvalue weighted by atomic mass is 9.89. The van der Waals surface area contributed by atoms with Gasteiger partial charge in [0.2, 0.25) is 0 Å². The van der Waals surface area contributed by atoms with E-state index < -0.39 is 12.2 Å². The molecule has 5 heteroatoms. The molecule has 0 aliphatic heterocycles. The summed E-state index contributed by atoms with van der Waals surface area (Å²) in [6.07, 6.45) is -1.39. The average Bonchev–Trinajstić information content (AvgIpc) is 1.88. The smallest absolute Gasteiger partial charge is 0.190 e. The van der Waals surface area contributed by atoms with Crippen LogP contribution >= 0.6 is 23.0 Å². The van der Waals surface area contributed by atoms with E-state index in [4.69, 9.17) is 3.07 Å². The fraction of sp³-hybridized carbons (Fsp3) is 0.833. The quantitative estimate of drug-likeness (QED) is 0.573. The maximum absolute atomic E-state index is 10.7. The van der Waals surface area contributed by atoms with Gasteiger partial charge < -0.3 is 13.0 Å². The van der Waals surface area contributed by atoms with Gasteiger partial charge >= 0.3 is 0 Å². The van der Waals surface area contributed by atoms with Gasteiger partial charge in [-0.15, -0.1) is 0 Å². The summed E-state index contributed by atoms with van der Waals surface area (Å²) < 4.78 is 4.93. The monoisotopic (exact) mass is 270 g/mol. The SMILES string of the molecule is BC(=O)C(O)[C@@H](OI)C(C)C. The van der Waals surface area contributed by atoms with Gasteiger partial charge in [0.25, 0.3) is 0 Å². The molecule has 3 nitrogen and oxygen atoms in total. The van der Waals surface area contributed by atoms with E-state index in [0.717, 1.165) is 0 Å². The van der Waals surface area contributed by atoms with Crippen molar-refractivity contribution in [3.8, 4) is 0 Å². The molecule has 0 aromatic heterocycles. The highest BCUT2D eigenvalue weighted by Crippen LogP contribution is 2.14. The zero-order valence-corrected chi connectivity index (χ0v) is 9.03. The summed E-state index contributed by atoms with van der Waals surface area (Å²) in [7, 11) is 1.36. The first-order chi connectivity index (χ1) is 5.00. The molecule has 0 heterocycles. The fourth-order valence-electron chi connectivity index (χ4n) is 0.747. The Morgan fingerprint density at radius 2 is 2.09 bits per heavy atom. The molecule has 0 aliphatic rings. The minimum absolute atomic E-state index is 0.144. The van der Waals surface area contributed by atoms with Crippen LogP contribution in [-0.2, 0) is 7.86 Å². The molecule has 64 valence electrons. The van der Waals surface area contributed by atoms with Crippen LogP contribution in [0.5, 0.6) is 0 Å². The number of hydrogen-bond acceptors (Lipinski definition) is 3. The van der Waals surface area contributed by atoms with E-state index in [0.29, 0.717) is 0 Å². The molecule has 11 heavy (non-hydrogen) atoms.